The largest absolute Gasteiger partial charge is 0.490 e. The maximum Gasteiger partial charge on any atom is 0.195 e. The van der Waals surface area contributed by atoms with Crippen molar-refractivity contribution in [1.82, 2.24) is 5.32 Å². The highest BCUT2D eigenvalue weighted by molar-refractivity contribution is 5.93. The zero-order valence-corrected chi connectivity index (χ0v) is 16.2. The van der Waals surface area contributed by atoms with Gasteiger partial charge in [0.2, 0.25) is 0 Å². The fourth-order valence-corrected chi connectivity index (χ4v) is 3.01. The molecule has 0 bridgehead atoms. The number of hydrogen-bond donors (Lipinski definition) is 2. The van der Waals surface area contributed by atoms with E-state index in [1.54, 1.807) is 0 Å². The van der Waals surface area contributed by atoms with Gasteiger partial charge in [-0.05, 0) is 31.9 Å². The van der Waals surface area contributed by atoms with Crippen LogP contribution in [-0.2, 0) is 9.47 Å². The molecule has 0 amide bonds. The summed E-state index contributed by atoms with van der Waals surface area (Å²) in [4.78, 5) is 4.63. The monoisotopic (exact) mass is 377 g/mol. The quantitative estimate of drug-likeness (QED) is 0.412. The molecule has 0 radical (unpaired) electrons. The molecule has 7 nitrogen and oxygen atoms in total. The number of aliphatic imine (C=N–C) groups is 1. The highest BCUT2D eigenvalue weighted by Crippen LogP contribution is 2.32. The van der Waals surface area contributed by atoms with E-state index in [9.17, 15) is 0 Å². The first-order valence-corrected chi connectivity index (χ1v) is 9.95. The molecule has 150 valence electrons. The summed E-state index contributed by atoms with van der Waals surface area (Å²) >= 11 is 0. The van der Waals surface area contributed by atoms with Crippen molar-refractivity contribution in [3.05, 3.63) is 18.2 Å². The van der Waals surface area contributed by atoms with Gasteiger partial charge in [0.1, 0.15) is 0 Å². The van der Waals surface area contributed by atoms with Crippen molar-refractivity contribution in [3.63, 3.8) is 0 Å². The Morgan fingerprint density at radius 2 is 2.11 bits per heavy atom. The van der Waals surface area contributed by atoms with E-state index >= 15 is 0 Å². The molecule has 1 unspecified atom stereocenters. The van der Waals surface area contributed by atoms with E-state index in [1.807, 2.05) is 18.2 Å². The molecule has 0 saturated carbocycles. The summed E-state index contributed by atoms with van der Waals surface area (Å²) in [5, 5.41) is 6.60. The van der Waals surface area contributed by atoms with Gasteiger partial charge in [-0.3, -0.25) is 4.99 Å². The molecule has 0 spiro atoms. The summed E-state index contributed by atoms with van der Waals surface area (Å²) in [6, 6.07) is 5.88. The SMILES string of the molecule is CCNC(=NCCCOCC1CCOC1)Nc1ccc2c(c1)OCCCO2. The van der Waals surface area contributed by atoms with Gasteiger partial charge in [-0.1, -0.05) is 0 Å². The van der Waals surface area contributed by atoms with E-state index < -0.39 is 0 Å². The molecule has 0 aromatic heterocycles. The van der Waals surface area contributed by atoms with Crippen LogP contribution < -0.4 is 20.1 Å². The van der Waals surface area contributed by atoms with E-state index in [0.717, 1.165) is 75.4 Å². The number of rotatable bonds is 8. The van der Waals surface area contributed by atoms with Crippen molar-refractivity contribution < 1.29 is 18.9 Å². The molecule has 3 rings (SSSR count). The number of benzene rings is 1. The number of ether oxygens (including phenoxy) is 4. The van der Waals surface area contributed by atoms with Gasteiger partial charge in [-0.2, -0.15) is 0 Å². The second kappa shape index (κ2) is 11.0. The highest BCUT2D eigenvalue weighted by atomic mass is 16.5. The number of nitrogens with one attached hydrogen (secondary N) is 2. The molecule has 0 aliphatic carbocycles. The van der Waals surface area contributed by atoms with E-state index in [2.05, 4.69) is 22.5 Å². The predicted molar refractivity (Wildman–Crippen MR) is 106 cm³/mol. The van der Waals surface area contributed by atoms with Crippen LogP contribution in [-0.4, -0.2) is 58.7 Å². The van der Waals surface area contributed by atoms with Crippen molar-refractivity contribution in [2.45, 2.75) is 26.2 Å². The van der Waals surface area contributed by atoms with Crippen LogP contribution in [0.2, 0.25) is 0 Å². The Hall–Kier alpha value is -1.99. The van der Waals surface area contributed by atoms with Crippen molar-refractivity contribution in [2.24, 2.45) is 10.9 Å². The third-order valence-corrected chi connectivity index (χ3v) is 4.45. The van der Waals surface area contributed by atoms with Crippen molar-refractivity contribution >= 4 is 11.6 Å². The molecular weight excluding hydrogens is 346 g/mol. The summed E-state index contributed by atoms with van der Waals surface area (Å²) in [6.45, 7) is 8.16. The molecule has 7 heteroatoms. The zero-order chi connectivity index (χ0) is 18.7. The lowest BCUT2D eigenvalue weighted by Gasteiger charge is -2.14. The molecule has 1 atom stereocenters. The smallest absolute Gasteiger partial charge is 0.195 e. The van der Waals surface area contributed by atoms with Crippen LogP contribution in [0.4, 0.5) is 5.69 Å². The normalized spacial score (nSPS) is 19.6. The average Bonchev–Trinajstić information content (AvgIpc) is 3.08. The van der Waals surface area contributed by atoms with Gasteiger partial charge in [-0.15, -0.1) is 0 Å². The minimum atomic E-state index is 0.562. The zero-order valence-electron chi connectivity index (χ0n) is 16.2. The molecule has 2 aliphatic rings. The van der Waals surface area contributed by atoms with E-state index in [-0.39, 0.29) is 0 Å². The molecule has 2 aliphatic heterocycles. The first-order valence-electron chi connectivity index (χ1n) is 9.95. The Kier molecular flexibility index (Phi) is 8.04. The Labute approximate surface area is 161 Å². The molecule has 27 heavy (non-hydrogen) atoms. The maximum atomic E-state index is 5.75. The van der Waals surface area contributed by atoms with E-state index in [4.69, 9.17) is 18.9 Å². The summed E-state index contributed by atoms with van der Waals surface area (Å²) in [5.41, 5.74) is 0.927. The molecule has 1 fully saturated rings. The van der Waals surface area contributed by atoms with Crippen LogP contribution in [0.5, 0.6) is 11.5 Å². The van der Waals surface area contributed by atoms with Crippen LogP contribution in [0.25, 0.3) is 0 Å². The Balaban J connectivity index is 1.44. The van der Waals surface area contributed by atoms with E-state index in [1.165, 1.54) is 0 Å². The fraction of sp³-hybridized carbons (Fsp3) is 0.650. The van der Waals surface area contributed by atoms with Gasteiger partial charge in [0, 0.05) is 50.4 Å². The van der Waals surface area contributed by atoms with Crippen molar-refractivity contribution in [2.75, 3.05) is 58.0 Å². The Morgan fingerprint density at radius 1 is 1.22 bits per heavy atom. The summed E-state index contributed by atoms with van der Waals surface area (Å²) in [6.07, 6.45) is 2.91. The second-order valence-electron chi connectivity index (χ2n) is 6.76. The van der Waals surface area contributed by atoms with Crippen molar-refractivity contribution in [3.8, 4) is 11.5 Å². The number of nitrogens with zero attached hydrogens (tertiary/aromatic N) is 1. The van der Waals surface area contributed by atoms with Crippen LogP contribution in [0.15, 0.2) is 23.2 Å². The summed E-state index contributed by atoms with van der Waals surface area (Å²) < 4.78 is 22.5. The number of fused-ring (bicyclic) bond motifs is 1. The molecule has 1 saturated heterocycles. The van der Waals surface area contributed by atoms with Gasteiger partial charge in [0.15, 0.2) is 17.5 Å². The van der Waals surface area contributed by atoms with Gasteiger partial charge in [0.05, 0.1) is 26.4 Å². The minimum Gasteiger partial charge on any atom is -0.490 e. The van der Waals surface area contributed by atoms with E-state index in [0.29, 0.717) is 25.7 Å². The van der Waals surface area contributed by atoms with Gasteiger partial charge < -0.3 is 29.6 Å². The summed E-state index contributed by atoms with van der Waals surface area (Å²) in [5.74, 6) is 2.89. The third-order valence-electron chi connectivity index (χ3n) is 4.45. The molecule has 2 heterocycles. The molecular formula is C20H31N3O4. The van der Waals surface area contributed by atoms with Crippen molar-refractivity contribution in [1.29, 1.82) is 0 Å². The highest BCUT2D eigenvalue weighted by Gasteiger charge is 2.15. The van der Waals surface area contributed by atoms with Gasteiger partial charge >= 0.3 is 0 Å². The first kappa shape index (κ1) is 19.8. The second-order valence-corrected chi connectivity index (χ2v) is 6.76. The fourth-order valence-electron chi connectivity index (χ4n) is 3.01. The lowest BCUT2D eigenvalue weighted by Crippen LogP contribution is -2.30. The number of guanidine groups is 1. The Morgan fingerprint density at radius 3 is 2.93 bits per heavy atom. The van der Waals surface area contributed by atoms with Gasteiger partial charge in [0.25, 0.3) is 0 Å². The topological polar surface area (TPSA) is 73.3 Å². The van der Waals surface area contributed by atoms with Crippen LogP contribution in [0.3, 0.4) is 0 Å². The molecule has 1 aromatic carbocycles. The molecule has 1 aromatic rings. The van der Waals surface area contributed by atoms with Gasteiger partial charge in [-0.25, -0.2) is 0 Å². The average molecular weight is 377 g/mol. The maximum absolute atomic E-state index is 5.75. The molecule has 2 N–H and O–H groups in total. The number of hydrogen-bond acceptors (Lipinski definition) is 5. The lowest BCUT2D eigenvalue weighted by atomic mass is 10.1. The third kappa shape index (κ3) is 6.59. The van der Waals surface area contributed by atoms with Crippen LogP contribution in [0, 0.1) is 5.92 Å². The first-order chi connectivity index (χ1) is 13.3. The number of anilines is 1. The van der Waals surface area contributed by atoms with Crippen LogP contribution in [0.1, 0.15) is 26.2 Å². The standard InChI is InChI=1S/C20H31N3O4/c1-2-21-20(22-8-3-9-24-14-16-7-12-25-15-16)23-17-5-6-18-19(13-17)27-11-4-10-26-18/h5-6,13,16H,2-4,7-12,14-15H2,1H3,(H2,21,22,23). The predicted octanol–water partition coefficient (Wildman–Crippen LogP) is 2.67. The minimum absolute atomic E-state index is 0.562. The van der Waals surface area contributed by atoms with Crippen LogP contribution >= 0.6 is 0 Å². The summed E-state index contributed by atoms with van der Waals surface area (Å²) in [7, 11) is 0. The Bertz CT molecular complexity index is 603. The lowest BCUT2D eigenvalue weighted by molar-refractivity contribution is 0.0893.